The number of hydrogen-bond acceptors (Lipinski definition) is 3. The van der Waals surface area contributed by atoms with E-state index in [1.54, 1.807) is 0 Å². The molecule has 2 N–H and O–H groups in total. The minimum Gasteiger partial charge on any atom is -0.372 e. The molecule has 1 saturated heterocycles. The number of hydrogen-bond donors (Lipinski definition) is 2. The first-order chi connectivity index (χ1) is 10.7. The van der Waals surface area contributed by atoms with Crippen LogP contribution in [0.1, 0.15) is 31.2 Å². The fourth-order valence-electron chi connectivity index (χ4n) is 2.71. The summed E-state index contributed by atoms with van der Waals surface area (Å²) in [5.74, 6) is -1.16. The monoisotopic (exact) mass is 303 g/mol. The summed E-state index contributed by atoms with van der Waals surface area (Å²) >= 11 is 0. The van der Waals surface area contributed by atoms with Crippen molar-refractivity contribution in [3.05, 3.63) is 29.8 Å². The molecule has 0 unspecified atom stereocenters. The zero-order valence-electron chi connectivity index (χ0n) is 13.2. The van der Waals surface area contributed by atoms with Crippen molar-refractivity contribution in [2.75, 3.05) is 31.6 Å². The second kappa shape index (κ2) is 8.41. The smallest absolute Gasteiger partial charge is 0.309 e. The summed E-state index contributed by atoms with van der Waals surface area (Å²) < 4.78 is 0. The van der Waals surface area contributed by atoms with Gasteiger partial charge in [0.2, 0.25) is 0 Å². The Labute approximate surface area is 132 Å². The van der Waals surface area contributed by atoms with Gasteiger partial charge >= 0.3 is 11.8 Å². The summed E-state index contributed by atoms with van der Waals surface area (Å²) in [6.07, 6.45) is 5.63. The highest BCUT2D eigenvalue weighted by atomic mass is 16.2. The molecular formula is C17H25N3O2. The van der Waals surface area contributed by atoms with Crippen molar-refractivity contribution in [1.29, 1.82) is 0 Å². The van der Waals surface area contributed by atoms with Gasteiger partial charge in [0, 0.05) is 32.4 Å². The third kappa shape index (κ3) is 4.76. The Hall–Kier alpha value is -2.04. The molecule has 5 heteroatoms. The molecule has 0 aromatic heterocycles. The normalized spacial score (nSPS) is 14.5. The number of aryl methyl sites for hydroxylation is 1. The fourth-order valence-corrected chi connectivity index (χ4v) is 2.71. The predicted molar refractivity (Wildman–Crippen MR) is 87.9 cm³/mol. The molecule has 2 rings (SSSR count). The molecule has 0 atom stereocenters. The maximum absolute atomic E-state index is 11.3. The van der Waals surface area contributed by atoms with Crippen molar-refractivity contribution >= 4 is 17.5 Å². The first-order valence-corrected chi connectivity index (χ1v) is 8.04. The number of nitrogens with one attached hydrogen (secondary N) is 2. The SMILES string of the molecule is CNC(=O)C(=O)NCCCc1ccc(N2CCCCC2)cc1. The van der Waals surface area contributed by atoms with Crippen molar-refractivity contribution < 1.29 is 9.59 Å². The van der Waals surface area contributed by atoms with Gasteiger partial charge in [0.05, 0.1) is 0 Å². The van der Waals surface area contributed by atoms with E-state index in [4.69, 9.17) is 0 Å². The van der Waals surface area contributed by atoms with Gasteiger partial charge in [-0.3, -0.25) is 9.59 Å². The molecule has 1 aliphatic heterocycles. The van der Waals surface area contributed by atoms with Crippen LogP contribution in [-0.2, 0) is 16.0 Å². The number of rotatable bonds is 5. The molecule has 2 amide bonds. The summed E-state index contributed by atoms with van der Waals surface area (Å²) in [7, 11) is 1.45. The van der Waals surface area contributed by atoms with Crippen LogP contribution in [-0.4, -0.2) is 38.5 Å². The van der Waals surface area contributed by atoms with Gasteiger partial charge in [0.1, 0.15) is 0 Å². The molecule has 22 heavy (non-hydrogen) atoms. The van der Waals surface area contributed by atoms with Crippen LogP contribution in [0.25, 0.3) is 0 Å². The summed E-state index contributed by atoms with van der Waals surface area (Å²) in [4.78, 5) is 24.8. The Balaban J connectivity index is 1.72. The van der Waals surface area contributed by atoms with Gasteiger partial charge in [-0.05, 0) is 49.8 Å². The molecule has 1 fully saturated rings. The van der Waals surface area contributed by atoms with Crippen molar-refractivity contribution in [1.82, 2.24) is 10.6 Å². The lowest BCUT2D eigenvalue weighted by Gasteiger charge is -2.28. The Morgan fingerprint density at radius 3 is 2.36 bits per heavy atom. The standard InChI is InChI=1S/C17H25N3O2/c1-18-16(21)17(22)19-11-5-6-14-7-9-15(10-8-14)20-12-3-2-4-13-20/h7-10H,2-6,11-13H2,1H3,(H,18,21)(H,19,22). The van der Waals surface area contributed by atoms with Crippen molar-refractivity contribution in [3.63, 3.8) is 0 Å². The second-order valence-corrected chi connectivity index (χ2v) is 5.65. The van der Waals surface area contributed by atoms with Crippen molar-refractivity contribution in [2.24, 2.45) is 0 Å². The van der Waals surface area contributed by atoms with E-state index in [-0.39, 0.29) is 0 Å². The first-order valence-electron chi connectivity index (χ1n) is 8.04. The highest BCUT2D eigenvalue weighted by Crippen LogP contribution is 2.20. The lowest BCUT2D eigenvalue weighted by Crippen LogP contribution is -2.38. The highest BCUT2D eigenvalue weighted by Gasteiger charge is 2.11. The zero-order chi connectivity index (χ0) is 15.8. The van der Waals surface area contributed by atoms with E-state index in [1.807, 2.05) is 0 Å². The third-order valence-corrected chi connectivity index (χ3v) is 4.02. The molecule has 0 saturated carbocycles. The molecule has 5 nitrogen and oxygen atoms in total. The van der Waals surface area contributed by atoms with E-state index < -0.39 is 11.8 Å². The predicted octanol–water partition coefficient (Wildman–Crippen LogP) is 1.47. The number of benzene rings is 1. The van der Waals surface area contributed by atoms with Crippen LogP contribution in [0.5, 0.6) is 0 Å². The van der Waals surface area contributed by atoms with Crippen molar-refractivity contribution in [2.45, 2.75) is 32.1 Å². The Bertz CT molecular complexity index is 493. The number of amides is 2. The van der Waals surface area contributed by atoms with Crippen LogP contribution >= 0.6 is 0 Å². The van der Waals surface area contributed by atoms with Gasteiger partial charge in [-0.2, -0.15) is 0 Å². The fraction of sp³-hybridized carbons (Fsp3) is 0.529. The zero-order valence-corrected chi connectivity index (χ0v) is 13.2. The van der Waals surface area contributed by atoms with Crippen LogP contribution < -0.4 is 15.5 Å². The summed E-state index contributed by atoms with van der Waals surface area (Å²) in [5, 5.41) is 4.91. The topological polar surface area (TPSA) is 61.4 Å². The van der Waals surface area contributed by atoms with Crippen LogP contribution in [0.3, 0.4) is 0 Å². The lowest BCUT2D eigenvalue weighted by molar-refractivity contribution is -0.138. The van der Waals surface area contributed by atoms with Crippen LogP contribution in [0, 0.1) is 0 Å². The molecule has 0 bridgehead atoms. The first kappa shape index (κ1) is 16.3. The number of carbonyl (C=O) groups is 2. The summed E-state index contributed by atoms with van der Waals surface area (Å²) in [6, 6.07) is 8.68. The van der Waals surface area contributed by atoms with E-state index in [0.29, 0.717) is 6.54 Å². The quantitative estimate of drug-likeness (QED) is 0.640. The maximum Gasteiger partial charge on any atom is 0.309 e. The Morgan fingerprint density at radius 1 is 1.05 bits per heavy atom. The van der Waals surface area contributed by atoms with Crippen LogP contribution in [0.4, 0.5) is 5.69 Å². The maximum atomic E-state index is 11.3. The molecule has 1 aliphatic rings. The van der Waals surface area contributed by atoms with E-state index >= 15 is 0 Å². The largest absolute Gasteiger partial charge is 0.372 e. The van der Waals surface area contributed by atoms with Gasteiger partial charge in [0.15, 0.2) is 0 Å². The van der Waals surface area contributed by atoms with Crippen molar-refractivity contribution in [3.8, 4) is 0 Å². The number of likely N-dealkylation sites (N-methyl/N-ethyl adjacent to an activating group) is 1. The Kier molecular flexibility index (Phi) is 6.25. The lowest BCUT2D eigenvalue weighted by atomic mass is 10.1. The molecule has 1 heterocycles. The Morgan fingerprint density at radius 2 is 1.73 bits per heavy atom. The summed E-state index contributed by atoms with van der Waals surface area (Å²) in [5.41, 5.74) is 2.56. The molecule has 1 aromatic carbocycles. The van der Waals surface area contributed by atoms with Gasteiger partial charge < -0.3 is 15.5 Å². The van der Waals surface area contributed by atoms with Gasteiger partial charge in [-0.1, -0.05) is 12.1 Å². The minimum absolute atomic E-state index is 0.514. The number of piperidine rings is 1. The number of nitrogens with zero attached hydrogens (tertiary/aromatic N) is 1. The van der Waals surface area contributed by atoms with Gasteiger partial charge in [0.25, 0.3) is 0 Å². The molecule has 0 spiro atoms. The van der Waals surface area contributed by atoms with E-state index in [0.717, 1.165) is 25.9 Å². The van der Waals surface area contributed by atoms with Gasteiger partial charge in [-0.15, -0.1) is 0 Å². The minimum atomic E-state index is -0.592. The molecule has 0 radical (unpaired) electrons. The van der Waals surface area contributed by atoms with Crippen LogP contribution in [0.2, 0.25) is 0 Å². The van der Waals surface area contributed by atoms with E-state index in [1.165, 1.54) is 37.6 Å². The van der Waals surface area contributed by atoms with E-state index in [2.05, 4.69) is 39.8 Å². The number of carbonyl (C=O) groups excluding carboxylic acids is 2. The average Bonchev–Trinajstić information content (AvgIpc) is 2.59. The molecule has 0 aliphatic carbocycles. The molecular weight excluding hydrogens is 278 g/mol. The van der Waals surface area contributed by atoms with Crippen LogP contribution in [0.15, 0.2) is 24.3 Å². The second-order valence-electron chi connectivity index (χ2n) is 5.65. The average molecular weight is 303 g/mol. The third-order valence-electron chi connectivity index (χ3n) is 4.02. The number of anilines is 1. The molecule has 120 valence electrons. The summed E-state index contributed by atoms with van der Waals surface area (Å²) in [6.45, 7) is 2.83. The van der Waals surface area contributed by atoms with Gasteiger partial charge in [-0.25, -0.2) is 0 Å². The molecule has 1 aromatic rings. The van der Waals surface area contributed by atoms with E-state index in [9.17, 15) is 9.59 Å². The highest BCUT2D eigenvalue weighted by molar-refractivity contribution is 6.34.